The molecular weight excluding hydrogens is 369 g/mol. The lowest BCUT2D eigenvalue weighted by molar-refractivity contribution is 0.469. The molecule has 0 unspecified atom stereocenters. The van der Waals surface area contributed by atoms with Crippen LogP contribution in [0.1, 0.15) is 30.2 Å². The van der Waals surface area contributed by atoms with Gasteiger partial charge in [0.25, 0.3) is 5.19 Å². The van der Waals surface area contributed by atoms with Crippen molar-refractivity contribution in [3.05, 3.63) is 38.3 Å². The van der Waals surface area contributed by atoms with Crippen molar-refractivity contribution in [2.75, 3.05) is 0 Å². The lowest BCUT2D eigenvalue weighted by Crippen LogP contribution is -1.93. The van der Waals surface area contributed by atoms with Crippen LogP contribution in [0.25, 0.3) is 0 Å². The van der Waals surface area contributed by atoms with Crippen LogP contribution in [0.4, 0.5) is 0 Å². The van der Waals surface area contributed by atoms with E-state index in [2.05, 4.69) is 40.8 Å². The quantitative estimate of drug-likeness (QED) is 0.588. The molecule has 1 aromatic carbocycles. The van der Waals surface area contributed by atoms with Crippen LogP contribution in [0.15, 0.2) is 22.7 Å². The molecule has 0 fully saturated rings. The Kier molecular flexibility index (Phi) is 5.12. The van der Waals surface area contributed by atoms with E-state index >= 15 is 0 Å². The summed E-state index contributed by atoms with van der Waals surface area (Å²) in [5.41, 5.74) is 1.12. The standard InChI is InChI=1S/C13H12BrCl2NOS/c1-7(2)9-5-8(14)3-4-10(9)18-13-17-12(16)11(6-15)19-13/h3-5,7H,6H2,1-2H3. The van der Waals surface area contributed by atoms with Gasteiger partial charge in [-0.3, -0.25) is 0 Å². The fourth-order valence-electron chi connectivity index (χ4n) is 1.60. The summed E-state index contributed by atoms with van der Waals surface area (Å²) < 4.78 is 6.86. The predicted molar refractivity (Wildman–Crippen MR) is 85.0 cm³/mol. The van der Waals surface area contributed by atoms with Gasteiger partial charge >= 0.3 is 0 Å². The van der Waals surface area contributed by atoms with E-state index in [1.807, 2.05) is 12.1 Å². The van der Waals surface area contributed by atoms with Crippen molar-refractivity contribution < 1.29 is 4.74 Å². The normalized spacial score (nSPS) is 11.1. The zero-order valence-corrected chi connectivity index (χ0v) is 14.3. The van der Waals surface area contributed by atoms with E-state index in [-0.39, 0.29) is 0 Å². The Morgan fingerprint density at radius 3 is 2.74 bits per heavy atom. The lowest BCUT2D eigenvalue weighted by Gasteiger charge is -2.12. The molecule has 0 amide bonds. The fourth-order valence-corrected chi connectivity index (χ4v) is 3.31. The van der Waals surface area contributed by atoms with Gasteiger partial charge in [-0.2, -0.15) is 4.98 Å². The first-order valence-corrected chi connectivity index (χ1v) is 8.22. The number of halogens is 3. The molecule has 19 heavy (non-hydrogen) atoms. The first kappa shape index (κ1) is 15.1. The number of aromatic nitrogens is 1. The summed E-state index contributed by atoms with van der Waals surface area (Å²) in [4.78, 5) is 4.99. The smallest absolute Gasteiger partial charge is 0.280 e. The van der Waals surface area contributed by atoms with Gasteiger partial charge in [-0.05, 0) is 29.7 Å². The molecule has 0 radical (unpaired) electrons. The highest BCUT2D eigenvalue weighted by atomic mass is 79.9. The van der Waals surface area contributed by atoms with Crippen molar-refractivity contribution in [2.24, 2.45) is 0 Å². The minimum atomic E-state index is 0.344. The van der Waals surface area contributed by atoms with Crippen molar-refractivity contribution in [3.63, 3.8) is 0 Å². The zero-order valence-electron chi connectivity index (χ0n) is 10.4. The number of nitrogens with zero attached hydrogens (tertiary/aromatic N) is 1. The average molecular weight is 381 g/mol. The Hall–Kier alpha value is -0.290. The Bertz CT molecular complexity index is 586. The van der Waals surface area contributed by atoms with E-state index in [4.69, 9.17) is 27.9 Å². The van der Waals surface area contributed by atoms with Crippen LogP contribution in [0.5, 0.6) is 10.9 Å². The first-order valence-electron chi connectivity index (χ1n) is 5.69. The van der Waals surface area contributed by atoms with E-state index in [1.54, 1.807) is 0 Å². The van der Waals surface area contributed by atoms with Gasteiger partial charge in [0.05, 0.1) is 10.8 Å². The first-order chi connectivity index (χ1) is 9.01. The summed E-state index contributed by atoms with van der Waals surface area (Å²) in [6.45, 7) is 4.24. The molecule has 6 heteroatoms. The highest BCUT2D eigenvalue weighted by molar-refractivity contribution is 9.10. The van der Waals surface area contributed by atoms with Crippen molar-refractivity contribution in [3.8, 4) is 10.9 Å². The van der Waals surface area contributed by atoms with Crippen molar-refractivity contribution in [1.82, 2.24) is 4.98 Å². The maximum Gasteiger partial charge on any atom is 0.280 e. The highest BCUT2D eigenvalue weighted by Crippen LogP contribution is 2.36. The van der Waals surface area contributed by atoms with Crippen molar-refractivity contribution in [1.29, 1.82) is 0 Å². The maximum absolute atomic E-state index is 5.97. The topological polar surface area (TPSA) is 22.1 Å². The molecule has 0 saturated carbocycles. The Balaban J connectivity index is 2.32. The molecule has 2 nitrogen and oxygen atoms in total. The molecule has 1 heterocycles. The molecule has 0 saturated heterocycles. The minimum Gasteiger partial charge on any atom is -0.431 e. The fraction of sp³-hybridized carbons (Fsp3) is 0.308. The van der Waals surface area contributed by atoms with Crippen LogP contribution in [-0.4, -0.2) is 4.98 Å². The lowest BCUT2D eigenvalue weighted by atomic mass is 10.0. The Morgan fingerprint density at radius 2 is 2.16 bits per heavy atom. The van der Waals surface area contributed by atoms with Crippen molar-refractivity contribution >= 4 is 50.5 Å². The molecule has 2 aromatic rings. The highest BCUT2D eigenvalue weighted by Gasteiger charge is 2.14. The molecular formula is C13H12BrCl2NOS. The SMILES string of the molecule is CC(C)c1cc(Br)ccc1Oc1nc(Cl)c(CCl)s1. The summed E-state index contributed by atoms with van der Waals surface area (Å²) in [5, 5.41) is 0.933. The number of ether oxygens (including phenoxy) is 1. The third-order valence-electron chi connectivity index (χ3n) is 2.54. The summed E-state index contributed by atoms with van der Waals surface area (Å²) in [6.07, 6.45) is 0. The molecule has 0 spiro atoms. The van der Waals surface area contributed by atoms with Gasteiger partial charge in [0.15, 0.2) is 0 Å². The monoisotopic (exact) mass is 379 g/mol. The molecule has 0 bridgehead atoms. The minimum absolute atomic E-state index is 0.344. The van der Waals surface area contributed by atoms with Gasteiger partial charge in [0.1, 0.15) is 10.9 Å². The molecule has 0 aliphatic rings. The summed E-state index contributed by atoms with van der Waals surface area (Å²) in [5.74, 6) is 1.50. The van der Waals surface area contributed by atoms with Crippen LogP contribution in [0.3, 0.4) is 0 Å². The largest absolute Gasteiger partial charge is 0.431 e. The average Bonchev–Trinajstić information content (AvgIpc) is 2.71. The molecule has 1 aromatic heterocycles. The third kappa shape index (κ3) is 3.63. The summed E-state index contributed by atoms with van der Waals surface area (Å²) in [7, 11) is 0. The van der Waals surface area contributed by atoms with Crippen molar-refractivity contribution in [2.45, 2.75) is 25.6 Å². The number of alkyl halides is 1. The molecule has 0 N–H and O–H groups in total. The van der Waals surface area contributed by atoms with E-state index in [1.165, 1.54) is 11.3 Å². The van der Waals surface area contributed by atoms with Crippen LogP contribution in [0, 0.1) is 0 Å². The van der Waals surface area contributed by atoms with Gasteiger partial charge in [0, 0.05) is 4.47 Å². The maximum atomic E-state index is 5.97. The Labute approximate surface area is 134 Å². The van der Waals surface area contributed by atoms with Crippen LogP contribution >= 0.6 is 50.5 Å². The number of benzene rings is 1. The van der Waals surface area contributed by atoms with E-state index in [0.717, 1.165) is 20.7 Å². The van der Waals surface area contributed by atoms with E-state index in [9.17, 15) is 0 Å². The zero-order chi connectivity index (χ0) is 14.0. The van der Waals surface area contributed by atoms with Gasteiger partial charge in [0.2, 0.25) is 0 Å². The second-order valence-corrected chi connectivity index (χ2v) is 6.85. The summed E-state index contributed by atoms with van der Waals surface area (Å²) in [6, 6.07) is 5.92. The number of thiazole rings is 1. The van der Waals surface area contributed by atoms with Gasteiger partial charge in [-0.1, -0.05) is 52.7 Å². The van der Waals surface area contributed by atoms with Gasteiger partial charge in [-0.15, -0.1) is 11.6 Å². The van der Waals surface area contributed by atoms with E-state index in [0.29, 0.717) is 22.1 Å². The molecule has 0 aliphatic carbocycles. The predicted octanol–water partition coefficient (Wildman–Crippen LogP) is 6.21. The van der Waals surface area contributed by atoms with Crippen LogP contribution < -0.4 is 4.74 Å². The molecule has 2 rings (SSSR count). The third-order valence-corrected chi connectivity index (χ3v) is 4.82. The number of rotatable bonds is 4. The van der Waals surface area contributed by atoms with E-state index < -0.39 is 0 Å². The van der Waals surface area contributed by atoms with Gasteiger partial charge in [-0.25, -0.2) is 0 Å². The second kappa shape index (κ2) is 6.44. The van der Waals surface area contributed by atoms with Gasteiger partial charge < -0.3 is 4.74 Å². The molecule has 102 valence electrons. The van der Waals surface area contributed by atoms with Crippen LogP contribution in [-0.2, 0) is 5.88 Å². The molecule has 0 atom stereocenters. The number of hydrogen-bond acceptors (Lipinski definition) is 3. The second-order valence-electron chi connectivity index (χ2n) is 4.27. The Morgan fingerprint density at radius 1 is 1.42 bits per heavy atom. The van der Waals surface area contributed by atoms with Crippen LogP contribution in [0.2, 0.25) is 5.15 Å². The number of hydrogen-bond donors (Lipinski definition) is 0. The molecule has 0 aliphatic heterocycles. The summed E-state index contributed by atoms with van der Waals surface area (Å²) >= 11 is 16.6.